The van der Waals surface area contributed by atoms with Gasteiger partial charge in [-0.05, 0) is 23.6 Å². The Morgan fingerprint density at radius 2 is 1.94 bits per heavy atom. The van der Waals surface area contributed by atoms with Crippen molar-refractivity contribution in [3.63, 3.8) is 0 Å². The van der Waals surface area contributed by atoms with Gasteiger partial charge in [0.05, 0.1) is 11.6 Å². The number of hydrogen-bond donors (Lipinski definition) is 3. The molecule has 0 bridgehead atoms. The molecule has 1 aromatic carbocycles. The molecule has 0 saturated carbocycles. The Kier molecular flexibility index (Phi) is 4.08. The van der Waals surface area contributed by atoms with E-state index in [9.17, 15) is 9.59 Å². The van der Waals surface area contributed by atoms with Crippen molar-refractivity contribution in [2.75, 3.05) is 5.32 Å². The maximum atomic E-state index is 11.9. The first-order valence-electron chi connectivity index (χ1n) is 5.61. The van der Waals surface area contributed by atoms with Crippen LogP contribution in [0.2, 0.25) is 0 Å². The number of carbonyl (C=O) groups excluding carboxylic acids is 1. The molecule has 98 valence electrons. The van der Waals surface area contributed by atoms with Crippen LogP contribution in [0.5, 0.6) is 0 Å². The molecule has 0 radical (unpaired) electrons. The number of aromatic carboxylic acids is 1. The van der Waals surface area contributed by atoms with Gasteiger partial charge in [-0.15, -0.1) is 0 Å². The summed E-state index contributed by atoms with van der Waals surface area (Å²) in [5, 5.41) is 11.5. The number of hydrogen-bond acceptors (Lipinski definition) is 3. The van der Waals surface area contributed by atoms with Gasteiger partial charge in [0.15, 0.2) is 0 Å². The standard InChI is InChI=1S/C13H18N2O3/c1-13(2,3)10(14)11(16)15-9-6-4-5-8(7-9)12(17)18/h4-7,10H,14H2,1-3H3,(H,15,16)(H,17,18)/t10-/m1/s1. The van der Waals surface area contributed by atoms with E-state index in [0.717, 1.165) is 0 Å². The van der Waals surface area contributed by atoms with Gasteiger partial charge in [0.1, 0.15) is 0 Å². The second-order valence-electron chi connectivity index (χ2n) is 5.22. The Balaban J connectivity index is 2.82. The van der Waals surface area contributed by atoms with E-state index >= 15 is 0 Å². The summed E-state index contributed by atoms with van der Waals surface area (Å²) in [6, 6.07) is 5.39. The van der Waals surface area contributed by atoms with Gasteiger partial charge in [-0.25, -0.2) is 4.79 Å². The van der Waals surface area contributed by atoms with Gasteiger partial charge in [-0.2, -0.15) is 0 Å². The highest BCUT2D eigenvalue weighted by Gasteiger charge is 2.27. The van der Waals surface area contributed by atoms with Crippen LogP contribution >= 0.6 is 0 Å². The Morgan fingerprint density at radius 3 is 2.44 bits per heavy atom. The largest absolute Gasteiger partial charge is 0.478 e. The Bertz CT molecular complexity index is 464. The van der Waals surface area contributed by atoms with Crippen molar-refractivity contribution in [2.45, 2.75) is 26.8 Å². The van der Waals surface area contributed by atoms with Crippen molar-refractivity contribution in [1.29, 1.82) is 0 Å². The highest BCUT2D eigenvalue weighted by Crippen LogP contribution is 2.19. The molecule has 0 saturated heterocycles. The molecule has 0 aliphatic carbocycles. The fourth-order valence-electron chi connectivity index (χ4n) is 1.34. The quantitative estimate of drug-likeness (QED) is 0.761. The van der Waals surface area contributed by atoms with Crippen LogP contribution in [-0.4, -0.2) is 23.0 Å². The fraction of sp³-hybridized carbons (Fsp3) is 0.385. The first kappa shape index (κ1) is 14.2. The summed E-state index contributed by atoms with van der Waals surface area (Å²) in [5.41, 5.74) is 6.01. The van der Waals surface area contributed by atoms with Crippen molar-refractivity contribution >= 4 is 17.6 Å². The summed E-state index contributed by atoms with van der Waals surface area (Å²) in [4.78, 5) is 22.7. The molecular weight excluding hydrogens is 232 g/mol. The lowest BCUT2D eigenvalue weighted by atomic mass is 9.87. The van der Waals surface area contributed by atoms with Crippen LogP contribution in [0, 0.1) is 5.41 Å². The number of rotatable bonds is 3. The smallest absolute Gasteiger partial charge is 0.335 e. The second kappa shape index (κ2) is 5.18. The zero-order valence-electron chi connectivity index (χ0n) is 10.7. The molecule has 5 nitrogen and oxygen atoms in total. The van der Waals surface area contributed by atoms with Gasteiger partial charge in [-0.3, -0.25) is 4.79 Å². The molecule has 0 unspecified atom stereocenters. The van der Waals surface area contributed by atoms with Crippen molar-refractivity contribution in [3.8, 4) is 0 Å². The maximum absolute atomic E-state index is 11.9. The Labute approximate surface area is 106 Å². The van der Waals surface area contributed by atoms with Gasteiger partial charge in [0, 0.05) is 5.69 Å². The van der Waals surface area contributed by atoms with Gasteiger partial charge in [-0.1, -0.05) is 26.8 Å². The summed E-state index contributed by atoms with van der Waals surface area (Å²) in [6.07, 6.45) is 0. The van der Waals surface area contributed by atoms with Crippen LogP contribution in [-0.2, 0) is 4.79 Å². The van der Waals surface area contributed by atoms with Crippen LogP contribution in [0.25, 0.3) is 0 Å². The van der Waals surface area contributed by atoms with E-state index in [1.54, 1.807) is 12.1 Å². The van der Waals surface area contributed by atoms with Crippen LogP contribution in [0.3, 0.4) is 0 Å². The molecule has 0 aliphatic heterocycles. The second-order valence-corrected chi connectivity index (χ2v) is 5.22. The number of anilines is 1. The molecule has 1 rings (SSSR count). The summed E-state index contributed by atoms with van der Waals surface area (Å²) in [5.74, 6) is -1.36. The van der Waals surface area contributed by atoms with Crippen molar-refractivity contribution in [2.24, 2.45) is 11.1 Å². The maximum Gasteiger partial charge on any atom is 0.335 e. The molecule has 4 N–H and O–H groups in total. The number of nitrogens with one attached hydrogen (secondary N) is 1. The predicted octanol–water partition coefficient (Wildman–Crippen LogP) is 1.70. The first-order valence-corrected chi connectivity index (χ1v) is 5.61. The number of carboxylic acids is 1. The zero-order valence-corrected chi connectivity index (χ0v) is 10.7. The minimum Gasteiger partial charge on any atom is -0.478 e. The molecule has 1 aromatic rings. The van der Waals surface area contributed by atoms with E-state index in [0.29, 0.717) is 5.69 Å². The van der Waals surface area contributed by atoms with E-state index in [2.05, 4.69) is 5.32 Å². The lowest BCUT2D eigenvalue weighted by molar-refractivity contribution is -0.119. The summed E-state index contributed by atoms with van der Waals surface area (Å²) < 4.78 is 0. The van der Waals surface area contributed by atoms with E-state index in [-0.39, 0.29) is 16.9 Å². The van der Waals surface area contributed by atoms with Gasteiger partial charge in [0.25, 0.3) is 0 Å². The third-order valence-corrected chi connectivity index (χ3v) is 2.59. The van der Waals surface area contributed by atoms with E-state index < -0.39 is 12.0 Å². The average molecular weight is 250 g/mol. The summed E-state index contributed by atoms with van der Waals surface area (Å²) in [7, 11) is 0. The topological polar surface area (TPSA) is 92.4 Å². The molecule has 1 atom stereocenters. The molecule has 1 amide bonds. The van der Waals surface area contributed by atoms with Crippen molar-refractivity contribution < 1.29 is 14.7 Å². The zero-order chi connectivity index (χ0) is 13.9. The number of nitrogens with two attached hydrogens (primary N) is 1. The van der Waals surface area contributed by atoms with Crippen molar-refractivity contribution in [3.05, 3.63) is 29.8 Å². The van der Waals surface area contributed by atoms with E-state index in [1.807, 2.05) is 20.8 Å². The van der Waals surface area contributed by atoms with Crippen LogP contribution < -0.4 is 11.1 Å². The summed E-state index contributed by atoms with van der Waals surface area (Å²) in [6.45, 7) is 5.60. The SMILES string of the molecule is CC(C)(C)[C@H](N)C(=O)Nc1cccc(C(=O)O)c1. The highest BCUT2D eigenvalue weighted by atomic mass is 16.4. The number of benzene rings is 1. The molecule has 0 spiro atoms. The summed E-state index contributed by atoms with van der Waals surface area (Å²) >= 11 is 0. The van der Waals surface area contributed by atoms with Gasteiger partial charge >= 0.3 is 5.97 Å². The molecule has 0 heterocycles. The molecule has 0 aliphatic rings. The number of amides is 1. The molecule has 0 fully saturated rings. The minimum atomic E-state index is -1.04. The minimum absolute atomic E-state index is 0.122. The third kappa shape index (κ3) is 3.56. The van der Waals surface area contributed by atoms with Crippen molar-refractivity contribution in [1.82, 2.24) is 0 Å². The predicted molar refractivity (Wildman–Crippen MR) is 69.5 cm³/mol. The van der Waals surface area contributed by atoms with Crippen LogP contribution in [0.4, 0.5) is 5.69 Å². The molecule has 0 aromatic heterocycles. The molecule has 18 heavy (non-hydrogen) atoms. The average Bonchev–Trinajstić information content (AvgIpc) is 2.27. The Morgan fingerprint density at radius 1 is 1.33 bits per heavy atom. The number of carbonyl (C=O) groups is 2. The van der Waals surface area contributed by atoms with Crippen LogP contribution in [0.1, 0.15) is 31.1 Å². The van der Waals surface area contributed by atoms with Gasteiger partial charge in [0.2, 0.25) is 5.91 Å². The third-order valence-electron chi connectivity index (χ3n) is 2.59. The van der Waals surface area contributed by atoms with Crippen LogP contribution in [0.15, 0.2) is 24.3 Å². The monoisotopic (exact) mass is 250 g/mol. The fourth-order valence-corrected chi connectivity index (χ4v) is 1.34. The lowest BCUT2D eigenvalue weighted by Crippen LogP contribution is -2.45. The van der Waals surface area contributed by atoms with E-state index in [4.69, 9.17) is 10.8 Å². The number of carboxylic acid groups (broad SMARTS) is 1. The molecular formula is C13H18N2O3. The van der Waals surface area contributed by atoms with E-state index in [1.165, 1.54) is 12.1 Å². The molecule has 5 heteroatoms. The van der Waals surface area contributed by atoms with Gasteiger partial charge < -0.3 is 16.2 Å². The highest BCUT2D eigenvalue weighted by molar-refractivity contribution is 5.96. The first-order chi connectivity index (χ1) is 8.21. The lowest BCUT2D eigenvalue weighted by Gasteiger charge is -2.25. The normalized spacial score (nSPS) is 12.9. The Hall–Kier alpha value is -1.88.